The van der Waals surface area contributed by atoms with E-state index in [0.717, 1.165) is 25.5 Å². The van der Waals surface area contributed by atoms with E-state index in [1.807, 2.05) is 0 Å². The summed E-state index contributed by atoms with van der Waals surface area (Å²) in [4.78, 5) is 4.29. The van der Waals surface area contributed by atoms with Crippen LogP contribution in [-0.4, -0.2) is 25.7 Å². The van der Waals surface area contributed by atoms with Gasteiger partial charge in [0, 0.05) is 26.2 Å². The summed E-state index contributed by atoms with van der Waals surface area (Å²) in [6.07, 6.45) is 1.05. The van der Waals surface area contributed by atoms with E-state index >= 15 is 0 Å². The maximum Gasteiger partial charge on any atom is 0.191 e. The molecule has 1 aromatic rings. The zero-order chi connectivity index (χ0) is 16.4. The molecular formula is C18H31N3O. The van der Waals surface area contributed by atoms with Crippen LogP contribution in [0.25, 0.3) is 0 Å². The zero-order valence-corrected chi connectivity index (χ0v) is 14.6. The van der Waals surface area contributed by atoms with E-state index in [-0.39, 0.29) is 0 Å². The van der Waals surface area contributed by atoms with Crippen molar-refractivity contribution in [3.05, 3.63) is 35.4 Å². The summed E-state index contributed by atoms with van der Waals surface area (Å²) in [5, 5.41) is 6.80. The van der Waals surface area contributed by atoms with E-state index < -0.39 is 0 Å². The Morgan fingerprint density at radius 2 is 1.86 bits per heavy atom. The second-order valence-corrected chi connectivity index (χ2v) is 5.92. The van der Waals surface area contributed by atoms with Crippen LogP contribution >= 0.6 is 0 Å². The van der Waals surface area contributed by atoms with Gasteiger partial charge in [-0.3, -0.25) is 4.99 Å². The summed E-state index contributed by atoms with van der Waals surface area (Å²) in [5.41, 5.74) is 2.48. The molecule has 2 N–H and O–H groups in total. The molecule has 22 heavy (non-hydrogen) atoms. The Balaban J connectivity index is 2.59. The minimum absolute atomic E-state index is 0.384. The lowest BCUT2D eigenvalue weighted by Gasteiger charge is -2.21. The number of guanidine groups is 1. The van der Waals surface area contributed by atoms with Crippen LogP contribution in [0, 0.1) is 5.92 Å². The predicted octanol–water partition coefficient (Wildman–Crippen LogP) is 3.32. The van der Waals surface area contributed by atoms with Crippen molar-refractivity contribution >= 4 is 5.96 Å². The van der Waals surface area contributed by atoms with Gasteiger partial charge in [0.15, 0.2) is 5.96 Å². The fourth-order valence-electron chi connectivity index (χ4n) is 1.95. The molecule has 0 spiro atoms. The average molecular weight is 305 g/mol. The Bertz CT molecular complexity index is 457. The van der Waals surface area contributed by atoms with Gasteiger partial charge in [0.2, 0.25) is 0 Å². The molecule has 1 rings (SSSR count). The highest BCUT2D eigenvalue weighted by molar-refractivity contribution is 5.79. The van der Waals surface area contributed by atoms with Gasteiger partial charge >= 0.3 is 0 Å². The van der Waals surface area contributed by atoms with Crippen LogP contribution in [0.2, 0.25) is 0 Å². The Morgan fingerprint density at radius 3 is 2.45 bits per heavy atom. The van der Waals surface area contributed by atoms with Crippen LogP contribution < -0.4 is 10.6 Å². The minimum atomic E-state index is 0.384. The highest BCUT2D eigenvalue weighted by Gasteiger charge is 2.09. The number of nitrogens with one attached hydrogen (secondary N) is 2. The quantitative estimate of drug-likeness (QED) is 0.440. The normalized spacial score (nSPS) is 13.3. The molecule has 0 bridgehead atoms. The van der Waals surface area contributed by atoms with E-state index in [1.165, 1.54) is 11.1 Å². The predicted molar refractivity (Wildman–Crippen MR) is 94.0 cm³/mol. The molecule has 0 heterocycles. The molecule has 0 saturated heterocycles. The molecule has 4 nitrogen and oxygen atoms in total. The van der Waals surface area contributed by atoms with Crippen LogP contribution in [0.15, 0.2) is 29.3 Å². The van der Waals surface area contributed by atoms with Gasteiger partial charge in [-0.1, -0.05) is 45.0 Å². The molecule has 1 aromatic carbocycles. The molecule has 124 valence electrons. The van der Waals surface area contributed by atoms with Gasteiger partial charge < -0.3 is 15.4 Å². The van der Waals surface area contributed by atoms with Gasteiger partial charge in [-0.2, -0.15) is 0 Å². The maximum absolute atomic E-state index is 5.67. The van der Waals surface area contributed by atoms with E-state index in [9.17, 15) is 0 Å². The van der Waals surface area contributed by atoms with E-state index in [2.05, 4.69) is 67.6 Å². The van der Waals surface area contributed by atoms with Crippen LogP contribution in [0.3, 0.4) is 0 Å². The van der Waals surface area contributed by atoms with Crippen LogP contribution in [0.5, 0.6) is 0 Å². The van der Waals surface area contributed by atoms with Crippen molar-refractivity contribution in [1.82, 2.24) is 10.6 Å². The third-order valence-corrected chi connectivity index (χ3v) is 3.76. The number of hydrogen-bond donors (Lipinski definition) is 2. The number of ether oxygens (including phenoxy) is 1. The molecule has 0 aliphatic carbocycles. The molecule has 0 amide bonds. The number of benzene rings is 1. The molecule has 0 radical (unpaired) electrons. The topological polar surface area (TPSA) is 45.6 Å². The lowest BCUT2D eigenvalue weighted by atomic mass is 10.1. The zero-order valence-electron chi connectivity index (χ0n) is 14.6. The molecule has 0 saturated carbocycles. The number of nitrogens with zero attached hydrogens (tertiary/aromatic N) is 1. The lowest BCUT2D eigenvalue weighted by molar-refractivity contribution is 0.121. The SMILES string of the molecule is CCCOCc1ccccc1CNC(=NC)NC(C)C(C)C. The van der Waals surface area contributed by atoms with Crippen molar-refractivity contribution in [3.8, 4) is 0 Å². The van der Waals surface area contributed by atoms with Crippen LogP contribution in [0.4, 0.5) is 0 Å². The highest BCUT2D eigenvalue weighted by Crippen LogP contribution is 2.10. The summed E-state index contributed by atoms with van der Waals surface area (Å²) in [6, 6.07) is 8.76. The first-order chi connectivity index (χ1) is 10.6. The minimum Gasteiger partial charge on any atom is -0.377 e. The lowest BCUT2D eigenvalue weighted by Crippen LogP contribution is -2.44. The van der Waals surface area contributed by atoms with Crippen molar-refractivity contribution in [1.29, 1.82) is 0 Å². The molecule has 1 unspecified atom stereocenters. The highest BCUT2D eigenvalue weighted by atomic mass is 16.5. The van der Waals surface area contributed by atoms with Gasteiger partial charge in [-0.05, 0) is 30.4 Å². The first-order valence-corrected chi connectivity index (χ1v) is 8.20. The van der Waals surface area contributed by atoms with E-state index in [4.69, 9.17) is 4.74 Å². The standard InChI is InChI=1S/C18H31N3O/c1-6-11-22-13-17-10-8-7-9-16(17)12-20-18(19-5)21-15(4)14(2)3/h7-10,14-15H,6,11-13H2,1-5H3,(H2,19,20,21). The molecule has 0 fully saturated rings. The largest absolute Gasteiger partial charge is 0.377 e. The number of hydrogen-bond acceptors (Lipinski definition) is 2. The molecular weight excluding hydrogens is 274 g/mol. The molecule has 0 aromatic heterocycles. The van der Waals surface area contributed by atoms with Gasteiger partial charge in [0.1, 0.15) is 0 Å². The fourth-order valence-corrected chi connectivity index (χ4v) is 1.95. The third-order valence-electron chi connectivity index (χ3n) is 3.76. The number of aliphatic imine (C=N–C) groups is 1. The summed E-state index contributed by atoms with van der Waals surface area (Å²) >= 11 is 0. The third kappa shape index (κ3) is 6.48. The van der Waals surface area contributed by atoms with Crippen molar-refractivity contribution in [2.24, 2.45) is 10.9 Å². The van der Waals surface area contributed by atoms with Gasteiger partial charge in [-0.15, -0.1) is 0 Å². The second kappa shape index (κ2) is 10.2. The number of rotatable bonds is 8. The molecule has 1 atom stereocenters. The second-order valence-electron chi connectivity index (χ2n) is 5.92. The Morgan fingerprint density at radius 1 is 1.18 bits per heavy atom. The van der Waals surface area contributed by atoms with E-state index in [1.54, 1.807) is 7.05 Å². The average Bonchev–Trinajstić information content (AvgIpc) is 2.52. The molecule has 0 aliphatic heterocycles. The summed E-state index contributed by atoms with van der Waals surface area (Å²) in [6.45, 7) is 10.9. The smallest absolute Gasteiger partial charge is 0.191 e. The first kappa shape index (κ1) is 18.5. The summed E-state index contributed by atoms with van der Waals surface area (Å²) < 4.78 is 5.67. The monoisotopic (exact) mass is 305 g/mol. The van der Waals surface area contributed by atoms with Crippen molar-refractivity contribution in [2.45, 2.75) is 53.3 Å². The van der Waals surface area contributed by atoms with Crippen LogP contribution in [-0.2, 0) is 17.9 Å². The van der Waals surface area contributed by atoms with Crippen molar-refractivity contribution in [2.75, 3.05) is 13.7 Å². The fraction of sp³-hybridized carbons (Fsp3) is 0.611. The van der Waals surface area contributed by atoms with Crippen molar-refractivity contribution in [3.63, 3.8) is 0 Å². The maximum atomic E-state index is 5.67. The summed E-state index contributed by atoms with van der Waals surface area (Å²) in [7, 11) is 1.80. The van der Waals surface area contributed by atoms with Gasteiger partial charge in [-0.25, -0.2) is 0 Å². The Labute approximate surface area is 135 Å². The summed E-state index contributed by atoms with van der Waals surface area (Å²) in [5.74, 6) is 1.40. The Hall–Kier alpha value is -1.55. The first-order valence-electron chi connectivity index (χ1n) is 8.20. The molecule has 4 heteroatoms. The van der Waals surface area contributed by atoms with Gasteiger partial charge in [0.05, 0.1) is 6.61 Å². The molecule has 0 aliphatic rings. The van der Waals surface area contributed by atoms with Crippen molar-refractivity contribution < 1.29 is 4.74 Å². The van der Waals surface area contributed by atoms with E-state index in [0.29, 0.717) is 18.6 Å². The van der Waals surface area contributed by atoms with Gasteiger partial charge in [0.25, 0.3) is 0 Å². The van der Waals surface area contributed by atoms with Crippen LogP contribution in [0.1, 0.15) is 45.2 Å². The Kier molecular flexibility index (Phi) is 8.60.